The predicted octanol–water partition coefficient (Wildman–Crippen LogP) is 0.281. The molecule has 120 valence electrons. The number of ether oxygens (including phenoxy) is 1. The minimum Gasteiger partial charge on any atom is -0.497 e. The van der Waals surface area contributed by atoms with Crippen molar-refractivity contribution in [3.8, 4) is 5.75 Å². The monoisotopic (exact) mass is 326 g/mol. The zero-order valence-corrected chi connectivity index (χ0v) is 13.0. The first-order valence-electron chi connectivity index (χ1n) is 6.83. The molecule has 22 heavy (non-hydrogen) atoms. The van der Waals surface area contributed by atoms with Gasteiger partial charge in [0, 0.05) is 12.0 Å². The first-order chi connectivity index (χ1) is 10.4. The van der Waals surface area contributed by atoms with Gasteiger partial charge in [0.05, 0.1) is 18.6 Å². The number of rotatable bonds is 4. The maximum atomic E-state index is 11.8. The fraction of sp³-hybridized carbons (Fsp3) is 0.429. The standard InChI is InChI=1S/C14H18N2O5S/c1-21-12-4-2-11(3-5-12)14(18)16-15-13(17)8-10-6-7-22(19,20)9-10/h2-5,10H,6-9H2,1H3,(H,15,17)(H,16,18)/t10-/m1/s1. The van der Waals surface area contributed by atoms with E-state index in [1.54, 1.807) is 24.3 Å². The molecule has 1 aliphatic rings. The summed E-state index contributed by atoms with van der Waals surface area (Å²) in [6.07, 6.45) is 0.574. The third-order valence-corrected chi connectivity index (χ3v) is 5.31. The molecule has 0 unspecified atom stereocenters. The molecule has 2 N–H and O–H groups in total. The second kappa shape index (κ2) is 6.78. The quantitative estimate of drug-likeness (QED) is 0.774. The Morgan fingerprint density at radius 3 is 2.45 bits per heavy atom. The van der Waals surface area contributed by atoms with Crippen molar-refractivity contribution in [1.29, 1.82) is 0 Å². The molecular formula is C14H18N2O5S. The summed E-state index contributed by atoms with van der Waals surface area (Å²) in [4.78, 5) is 23.5. The second-order valence-corrected chi connectivity index (χ2v) is 7.43. The van der Waals surface area contributed by atoms with Gasteiger partial charge < -0.3 is 4.74 Å². The molecule has 1 atom stereocenters. The van der Waals surface area contributed by atoms with Crippen LogP contribution in [0.3, 0.4) is 0 Å². The molecule has 1 aromatic carbocycles. The van der Waals surface area contributed by atoms with Crippen LogP contribution in [0.25, 0.3) is 0 Å². The van der Waals surface area contributed by atoms with Gasteiger partial charge in [0.2, 0.25) is 5.91 Å². The molecule has 8 heteroatoms. The highest BCUT2D eigenvalue weighted by Crippen LogP contribution is 2.21. The van der Waals surface area contributed by atoms with E-state index in [1.165, 1.54) is 7.11 Å². The van der Waals surface area contributed by atoms with Crippen molar-refractivity contribution >= 4 is 21.7 Å². The Bertz CT molecular complexity index is 654. The topological polar surface area (TPSA) is 102 Å². The van der Waals surface area contributed by atoms with Crippen LogP contribution >= 0.6 is 0 Å². The molecule has 1 fully saturated rings. The van der Waals surface area contributed by atoms with Gasteiger partial charge in [-0.1, -0.05) is 0 Å². The summed E-state index contributed by atoms with van der Waals surface area (Å²) in [7, 11) is -1.47. The molecule has 0 saturated carbocycles. The maximum Gasteiger partial charge on any atom is 0.269 e. The van der Waals surface area contributed by atoms with Gasteiger partial charge in [0.15, 0.2) is 9.84 Å². The van der Waals surface area contributed by atoms with Gasteiger partial charge in [0.25, 0.3) is 5.91 Å². The molecule has 2 amide bonds. The first kappa shape index (κ1) is 16.3. The highest BCUT2D eigenvalue weighted by atomic mass is 32.2. The van der Waals surface area contributed by atoms with Crippen LogP contribution in [0.5, 0.6) is 5.75 Å². The molecular weight excluding hydrogens is 308 g/mol. The summed E-state index contributed by atoms with van der Waals surface area (Å²) in [5, 5.41) is 0. The summed E-state index contributed by atoms with van der Waals surface area (Å²) in [6.45, 7) is 0. The van der Waals surface area contributed by atoms with E-state index in [0.717, 1.165) is 0 Å². The number of hydrogen-bond donors (Lipinski definition) is 2. The molecule has 1 aliphatic heterocycles. The Labute approximate surface area is 128 Å². The molecule has 1 heterocycles. The average Bonchev–Trinajstić information content (AvgIpc) is 2.83. The number of sulfone groups is 1. The van der Waals surface area contributed by atoms with Gasteiger partial charge in [-0.15, -0.1) is 0 Å². The molecule has 2 rings (SSSR count). The summed E-state index contributed by atoms with van der Waals surface area (Å²) >= 11 is 0. The van der Waals surface area contributed by atoms with Gasteiger partial charge in [0.1, 0.15) is 5.75 Å². The van der Waals surface area contributed by atoms with Gasteiger partial charge in [-0.25, -0.2) is 8.42 Å². The van der Waals surface area contributed by atoms with Crippen molar-refractivity contribution in [1.82, 2.24) is 10.9 Å². The predicted molar refractivity (Wildman–Crippen MR) is 80.0 cm³/mol. The largest absolute Gasteiger partial charge is 0.497 e. The Kier molecular flexibility index (Phi) is 5.02. The van der Waals surface area contributed by atoms with Crippen molar-refractivity contribution < 1.29 is 22.7 Å². The molecule has 1 saturated heterocycles. The molecule has 1 aromatic rings. The van der Waals surface area contributed by atoms with Crippen LogP contribution in [0, 0.1) is 5.92 Å². The van der Waals surface area contributed by atoms with Gasteiger partial charge in [-0.2, -0.15) is 0 Å². The van der Waals surface area contributed by atoms with Crippen LogP contribution in [0.4, 0.5) is 0 Å². The maximum absolute atomic E-state index is 11.8. The van der Waals surface area contributed by atoms with Crippen molar-refractivity contribution in [3.05, 3.63) is 29.8 Å². The summed E-state index contributed by atoms with van der Waals surface area (Å²) < 4.78 is 27.6. The van der Waals surface area contributed by atoms with Crippen LogP contribution in [-0.2, 0) is 14.6 Å². The number of carbonyl (C=O) groups is 2. The number of nitrogens with one attached hydrogen (secondary N) is 2. The third-order valence-electron chi connectivity index (χ3n) is 3.47. The van der Waals surface area contributed by atoms with Gasteiger partial charge in [-0.3, -0.25) is 20.4 Å². The summed E-state index contributed by atoms with van der Waals surface area (Å²) in [5.74, 6) is -0.236. The lowest BCUT2D eigenvalue weighted by Gasteiger charge is -2.10. The minimum absolute atomic E-state index is 0.0346. The van der Waals surface area contributed by atoms with Crippen molar-refractivity contribution in [2.45, 2.75) is 12.8 Å². The average molecular weight is 326 g/mol. The Balaban J connectivity index is 1.79. The van der Waals surface area contributed by atoms with E-state index >= 15 is 0 Å². The van der Waals surface area contributed by atoms with Gasteiger partial charge >= 0.3 is 0 Å². The lowest BCUT2D eigenvalue weighted by atomic mass is 10.1. The normalized spacial score (nSPS) is 19.4. The van der Waals surface area contributed by atoms with Crippen LogP contribution in [0.15, 0.2) is 24.3 Å². The van der Waals surface area contributed by atoms with Crippen LogP contribution < -0.4 is 15.6 Å². The molecule has 0 bridgehead atoms. The summed E-state index contributed by atoms with van der Waals surface area (Å²) in [6, 6.07) is 6.42. The zero-order chi connectivity index (χ0) is 16.2. The lowest BCUT2D eigenvalue weighted by molar-refractivity contribution is -0.122. The van der Waals surface area contributed by atoms with E-state index in [-0.39, 0.29) is 23.8 Å². The van der Waals surface area contributed by atoms with Crippen LogP contribution in [-0.4, -0.2) is 38.8 Å². The Morgan fingerprint density at radius 2 is 1.91 bits per heavy atom. The zero-order valence-electron chi connectivity index (χ0n) is 12.2. The van der Waals surface area contributed by atoms with Crippen molar-refractivity contribution in [2.75, 3.05) is 18.6 Å². The number of benzene rings is 1. The molecule has 0 spiro atoms. The highest BCUT2D eigenvalue weighted by molar-refractivity contribution is 7.91. The SMILES string of the molecule is COc1ccc(C(=O)NNC(=O)C[C@H]2CCS(=O)(=O)C2)cc1. The number of carbonyl (C=O) groups excluding carboxylic acids is 2. The number of amides is 2. The smallest absolute Gasteiger partial charge is 0.269 e. The van der Waals surface area contributed by atoms with E-state index in [9.17, 15) is 18.0 Å². The lowest BCUT2D eigenvalue weighted by Crippen LogP contribution is -2.42. The van der Waals surface area contributed by atoms with E-state index in [1.807, 2.05) is 0 Å². The molecule has 0 aliphatic carbocycles. The number of hydrazine groups is 1. The molecule has 0 radical (unpaired) electrons. The fourth-order valence-corrected chi connectivity index (χ4v) is 4.15. The van der Waals surface area contributed by atoms with Crippen molar-refractivity contribution in [3.63, 3.8) is 0 Å². The third kappa shape index (κ3) is 4.45. The van der Waals surface area contributed by atoms with E-state index < -0.39 is 21.7 Å². The number of hydrogen-bond acceptors (Lipinski definition) is 5. The molecule has 7 nitrogen and oxygen atoms in total. The summed E-state index contributed by atoms with van der Waals surface area (Å²) in [5.41, 5.74) is 4.98. The van der Waals surface area contributed by atoms with Crippen molar-refractivity contribution in [2.24, 2.45) is 5.92 Å². The fourth-order valence-electron chi connectivity index (χ4n) is 2.29. The van der Waals surface area contributed by atoms with Crippen LogP contribution in [0.2, 0.25) is 0 Å². The van der Waals surface area contributed by atoms with E-state index in [4.69, 9.17) is 4.74 Å². The Morgan fingerprint density at radius 1 is 1.23 bits per heavy atom. The molecule has 0 aromatic heterocycles. The highest BCUT2D eigenvalue weighted by Gasteiger charge is 2.29. The number of methoxy groups -OCH3 is 1. The van der Waals surface area contributed by atoms with E-state index in [0.29, 0.717) is 17.7 Å². The van der Waals surface area contributed by atoms with Crippen LogP contribution in [0.1, 0.15) is 23.2 Å². The first-order valence-corrected chi connectivity index (χ1v) is 8.65. The Hall–Kier alpha value is -2.09. The minimum atomic E-state index is -3.00. The second-order valence-electron chi connectivity index (χ2n) is 5.20. The van der Waals surface area contributed by atoms with E-state index in [2.05, 4.69) is 10.9 Å². The van der Waals surface area contributed by atoms with Gasteiger partial charge in [-0.05, 0) is 36.6 Å².